The van der Waals surface area contributed by atoms with E-state index in [2.05, 4.69) is 0 Å². The molecule has 0 saturated heterocycles. The lowest BCUT2D eigenvalue weighted by Crippen LogP contribution is -2.27. The van der Waals surface area contributed by atoms with E-state index in [0.717, 1.165) is 25.0 Å². The molecule has 2 aromatic heterocycles. The summed E-state index contributed by atoms with van der Waals surface area (Å²) in [5, 5.41) is 0. The minimum absolute atomic E-state index is 0.0835. The van der Waals surface area contributed by atoms with Gasteiger partial charge < -0.3 is 8.83 Å². The van der Waals surface area contributed by atoms with Crippen LogP contribution >= 0.6 is 0 Å². The molecule has 0 spiro atoms. The van der Waals surface area contributed by atoms with Crippen molar-refractivity contribution in [2.75, 3.05) is 0 Å². The van der Waals surface area contributed by atoms with E-state index in [-0.39, 0.29) is 29.8 Å². The van der Waals surface area contributed by atoms with Crippen molar-refractivity contribution in [3.8, 4) is 0 Å². The molecule has 1 aliphatic rings. The van der Waals surface area contributed by atoms with Crippen LogP contribution in [0.4, 0.5) is 0 Å². The van der Waals surface area contributed by atoms with E-state index in [0.29, 0.717) is 12.2 Å². The lowest BCUT2D eigenvalue weighted by Gasteiger charge is -2.27. The van der Waals surface area contributed by atoms with Crippen molar-refractivity contribution in [1.82, 2.24) is 0 Å². The van der Waals surface area contributed by atoms with Crippen LogP contribution in [-0.2, 0) is 4.79 Å². The Balaban J connectivity index is 1.83. The Bertz CT molecular complexity index is 595. The summed E-state index contributed by atoms with van der Waals surface area (Å²) in [5.74, 6) is 0.911. The second-order valence-electron chi connectivity index (χ2n) is 5.55. The van der Waals surface area contributed by atoms with Gasteiger partial charge in [-0.3, -0.25) is 9.59 Å². The molecule has 0 aliphatic heterocycles. The third kappa shape index (κ3) is 2.99. The molecule has 2 aromatic rings. The van der Waals surface area contributed by atoms with Crippen molar-refractivity contribution >= 4 is 11.6 Å². The standard InChI is InChI=1S/C17H18O4/c18-14-6-2-1-5-12(14)13(16-7-3-9-20-16)11-15(19)17-8-4-10-21-17/h3-4,7-10,12-13H,1-2,5-6,11H2/t12-,13-/m1/s1. The van der Waals surface area contributed by atoms with Crippen LogP contribution in [0.25, 0.3) is 0 Å². The maximum absolute atomic E-state index is 12.3. The first kappa shape index (κ1) is 13.9. The number of hydrogen-bond acceptors (Lipinski definition) is 4. The van der Waals surface area contributed by atoms with Crippen LogP contribution in [0.3, 0.4) is 0 Å². The normalized spacial score (nSPS) is 20.4. The van der Waals surface area contributed by atoms with Crippen LogP contribution in [0.1, 0.15) is 54.3 Å². The fourth-order valence-corrected chi connectivity index (χ4v) is 3.12. The van der Waals surface area contributed by atoms with Crippen molar-refractivity contribution in [1.29, 1.82) is 0 Å². The molecule has 0 N–H and O–H groups in total. The number of carbonyl (C=O) groups excluding carboxylic acids is 2. The molecule has 21 heavy (non-hydrogen) atoms. The molecule has 3 rings (SSSR count). The highest BCUT2D eigenvalue weighted by molar-refractivity contribution is 5.94. The van der Waals surface area contributed by atoms with Gasteiger partial charge in [0.1, 0.15) is 11.5 Å². The monoisotopic (exact) mass is 286 g/mol. The van der Waals surface area contributed by atoms with E-state index in [1.54, 1.807) is 24.5 Å². The van der Waals surface area contributed by atoms with Crippen molar-refractivity contribution < 1.29 is 18.4 Å². The number of Topliss-reactive ketones (excluding diaryl/α,β-unsaturated/α-hetero) is 2. The van der Waals surface area contributed by atoms with E-state index >= 15 is 0 Å². The molecular formula is C17H18O4. The maximum atomic E-state index is 12.3. The predicted molar refractivity (Wildman–Crippen MR) is 76.1 cm³/mol. The summed E-state index contributed by atoms with van der Waals surface area (Å²) in [6.45, 7) is 0. The summed E-state index contributed by atoms with van der Waals surface area (Å²) in [6, 6.07) is 7.00. The molecule has 4 heteroatoms. The molecule has 110 valence electrons. The Labute approximate surface area is 123 Å². The van der Waals surface area contributed by atoms with Gasteiger partial charge in [0.15, 0.2) is 11.5 Å². The second kappa shape index (κ2) is 6.12. The largest absolute Gasteiger partial charge is 0.469 e. The van der Waals surface area contributed by atoms with Crippen LogP contribution in [-0.4, -0.2) is 11.6 Å². The first-order chi connectivity index (χ1) is 10.3. The Morgan fingerprint density at radius 2 is 2.00 bits per heavy atom. The zero-order valence-electron chi connectivity index (χ0n) is 11.8. The quantitative estimate of drug-likeness (QED) is 0.780. The van der Waals surface area contributed by atoms with Gasteiger partial charge in [0, 0.05) is 24.7 Å². The lowest BCUT2D eigenvalue weighted by molar-refractivity contribution is -0.125. The van der Waals surface area contributed by atoms with Gasteiger partial charge in [-0.2, -0.15) is 0 Å². The van der Waals surface area contributed by atoms with E-state index in [1.165, 1.54) is 6.26 Å². The minimum Gasteiger partial charge on any atom is -0.469 e. The Morgan fingerprint density at radius 1 is 1.19 bits per heavy atom. The highest BCUT2D eigenvalue weighted by atomic mass is 16.3. The molecule has 0 aromatic carbocycles. The lowest BCUT2D eigenvalue weighted by atomic mass is 9.75. The third-order valence-corrected chi connectivity index (χ3v) is 4.20. The summed E-state index contributed by atoms with van der Waals surface area (Å²) in [4.78, 5) is 24.5. The van der Waals surface area contributed by atoms with Gasteiger partial charge in [0.05, 0.1) is 12.5 Å². The Kier molecular flexibility index (Phi) is 4.04. The number of carbonyl (C=O) groups is 2. The molecule has 0 amide bonds. The zero-order chi connectivity index (χ0) is 14.7. The van der Waals surface area contributed by atoms with Crippen LogP contribution in [0.15, 0.2) is 45.6 Å². The average molecular weight is 286 g/mol. The van der Waals surface area contributed by atoms with Crippen molar-refractivity contribution in [3.63, 3.8) is 0 Å². The molecule has 1 fully saturated rings. The van der Waals surface area contributed by atoms with Gasteiger partial charge in [-0.05, 0) is 37.1 Å². The van der Waals surface area contributed by atoms with Gasteiger partial charge in [0.2, 0.25) is 0 Å². The molecule has 2 heterocycles. The SMILES string of the molecule is O=C(C[C@@H](c1ccco1)[C@H]1CCCCC1=O)c1ccco1. The first-order valence-corrected chi connectivity index (χ1v) is 7.38. The van der Waals surface area contributed by atoms with E-state index in [1.807, 2.05) is 6.07 Å². The predicted octanol–water partition coefficient (Wildman–Crippen LogP) is 3.99. The van der Waals surface area contributed by atoms with Gasteiger partial charge in [-0.1, -0.05) is 6.42 Å². The number of hydrogen-bond donors (Lipinski definition) is 0. The molecule has 0 unspecified atom stereocenters. The molecule has 1 aliphatic carbocycles. The second-order valence-corrected chi connectivity index (χ2v) is 5.55. The summed E-state index contributed by atoms with van der Waals surface area (Å²) in [7, 11) is 0. The summed E-state index contributed by atoms with van der Waals surface area (Å²) >= 11 is 0. The van der Waals surface area contributed by atoms with E-state index in [4.69, 9.17) is 8.83 Å². The number of furan rings is 2. The van der Waals surface area contributed by atoms with Crippen molar-refractivity contribution in [3.05, 3.63) is 48.3 Å². The molecule has 2 atom stereocenters. The summed E-state index contributed by atoms with van der Waals surface area (Å²) in [6.07, 6.45) is 6.74. The number of ketones is 2. The smallest absolute Gasteiger partial charge is 0.198 e. The number of rotatable bonds is 5. The van der Waals surface area contributed by atoms with Crippen LogP contribution < -0.4 is 0 Å². The molecule has 4 nitrogen and oxygen atoms in total. The van der Waals surface area contributed by atoms with Gasteiger partial charge in [0.25, 0.3) is 0 Å². The maximum Gasteiger partial charge on any atom is 0.198 e. The Hall–Kier alpha value is -2.10. The van der Waals surface area contributed by atoms with Gasteiger partial charge in [-0.15, -0.1) is 0 Å². The fraction of sp³-hybridized carbons (Fsp3) is 0.412. The Morgan fingerprint density at radius 3 is 2.67 bits per heavy atom. The fourth-order valence-electron chi connectivity index (χ4n) is 3.12. The average Bonchev–Trinajstić information content (AvgIpc) is 3.18. The van der Waals surface area contributed by atoms with Gasteiger partial charge >= 0.3 is 0 Å². The van der Waals surface area contributed by atoms with Crippen molar-refractivity contribution in [2.24, 2.45) is 5.92 Å². The summed E-state index contributed by atoms with van der Waals surface area (Å²) < 4.78 is 10.6. The third-order valence-electron chi connectivity index (χ3n) is 4.20. The van der Waals surface area contributed by atoms with Crippen molar-refractivity contribution in [2.45, 2.75) is 38.0 Å². The van der Waals surface area contributed by atoms with Crippen LogP contribution in [0, 0.1) is 5.92 Å². The van der Waals surface area contributed by atoms with E-state index < -0.39 is 0 Å². The molecule has 1 saturated carbocycles. The molecule has 0 radical (unpaired) electrons. The zero-order valence-corrected chi connectivity index (χ0v) is 11.8. The molecular weight excluding hydrogens is 268 g/mol. The highest BCUT2D eigenvalue weighted by Crippen LogP contribution is 2.37. The highest BCUT2D eigenvalue weighted by Gasteiger charge is 2.34. The van der Waals surface area contributed by atoms with Crippen LogP contribution in [0.5, 0.6) is 0 Å². The summed E-state index contributed by atoms with van der Waals surface area (Å²) in [5.41, 5.74) is 0. The van der Waals surface area contributed by atoms with Gasteiger partial charge in [-0.25, -0.2) is 0 Å². The topological polar surface area (TPSA) is 60.4 Å². The minimum atomic E-state index is -0.189. The van der Waals surface area contributed by atoms with Crippen LogP contribution in [0.2, 0.25) is 0 Å². The molecule has 0 bridgehead atoms. The first-order valence-electron chi connectivity index (χ1n) is 7.38. The van der Waals surface area contributed by atoms with E-state index in [9.17, 15) is 9.59 Å².